The van der Waals surface area contributed by atoms with Crippen molar-refractivity contribution in [3.63, 3.8) is 0 Å². The summed E-state index contributed by atoms with van der Waals surface area (Å²) in [7, 11) is 1.91. The van der Waals surface area contributed by atoms with Crippen LogP contribution in [-0.2, 0) is 12.0 Å². The monoisotopic (exact) mass is 402 g/mol. The van der Waals surface area contributed by atoms with Crippen molar-refractivity contribution in [2.24, 2.45) is 0 Å². The zero-order valence-electron chi connectivity index (χ0n) is 17.4. The molecule has 0 radical (unpaired) electrons. The predicted molar refractivity (Wildman–Crippen MR) is 120 cm³/mol. The molecule has 7 heteroatoms. The average Bonchev–Trinajstić information content (AvgIpc) is 3.02. The lowest BCUT2D eigenvalue weighted by atomic mass is 9.87. The summed E-state index contributed by atoms with van der Waals surface area (Å²) in [5.74, 6) is 0.347. The summed E-state index contributed by atoms with van der Waals surface area (Å²) in [5, 5.41) is 8.37. The van der Waals surface area contributed by atoms with Gasteiger partial charge in [0.05, 0.1) is 11.3 Å². The van der Waals surface area contributed by atoms with Crippen molar-refractivity contribution < 1.29 is 4.79 Å². The quantitative estimate of drug-likeness (QED) is 0.585. The highest BCUT2D eigenvalue weighted by Crippen LogP contribution is 2.40. The van der Waals surface area contributed by atoms with E-state index in [1.54, 1.807) is 30.7 Å². The highest BCUT2D eigenvalue weighted by Gasteiger charge is 2.34. The normalized spacial score (nSPS) is 14.3. The average molecular weight is 403 g/mol. The number of fused-ring (bicyclic) bond motifs is 1. The fourth-order valence-corrected chi connectivity index (χ4v) is 3.78. The van der Waals surface area contributed by atoms with E-state index in [2.05, 4.69) is 51.0 Å². The van der Waals surface area contributed by atoms with Crippen LogP contribution < -0.4 is 21.1 Å². The summed E-state index contributed by atoms with van der Waals surface area (Å²) in [4.78, 5) is 21.4. The maximum atomic E-state index is 13.0. The summed E-state index contributed by atoms with van der Waals surface area (Å²) in [6, 6.07) is 13.4. The molecular weight excluding hydrogens is 376 g/mol. The van der Waals surface area contributed by atoms with Crippen molar-refractivity contribution in [1.82, 2.24) is 15.4 Å². The van der Waals surface area contributed by atoms with Crippen molar-refractivity contribution >= 4 is 23.1 Å². The smallest absolute Gasteiger partial charge is 0.259 e. The van der Waals surface area contributed by atoms with E-state index in [-0.39, 0.29) is 11.3 Å². The van der Waals surface area contributed by atoms with Gasteiger partial charge in [0, 0.05) is 49.8 Å². The molecule has 154 valence electrons. The molecule has 1 amide bonds. The van der Waals surface area contributed by atoms with Gasteiger partial charge in [0.1, 0.15) is 5.82 Å². The molecule has 30 heavy (non-hydrogen) atoms. The summed E-state index contributed by atoms with van der Waals surface area (Å²) < 4.78 is 0. The molecule has 0 unspecified atom stereocenters. The van der Waals surface area contributed by atoms with Crippen LogP contribution in [0.5, 0.6) is 0 Å². The summed E-state index contributed by atoms with van der Waals surface area (Å²) in [6.45, 7) is 5.88. The van der Waals surface area contributed by atoms with E-state index in [9.17, 15) is 4.79 Å². The molecule has 2 aromatic heterocycles. The van der Waals surface area contributed by atoms with Crippen molar-refractivity contribution in [2.45, 2.75) is 25.8 Å². The van der Waals surface area contributed by atoms with Crippen LogP contribution in [0.15, 0.2) is 61.1 Å². The van der Waals surface area contributed by atoms with Gasteiger partial charge in [0.25, 0.3) is 5.91 Å². The molecule has 0 fully saturated rings. The predicted octanol–water partition coefficient (Wildman–Crippen LogP) is 3.57. The number of hydrogen-bond acceptors (Lipinski definition) is 6. The third-order valence-electron chi connectivity index (χ3n) is 5.36. The third kappa shape index (κ3) is 3.97. The van der Waals surface area contributed by atoms with Crippen molar-refractivity contribution in [2.75, 3.05) is 29.2 Å². The molecule has 7 nitrogen and oxygen atoms in total. The van der Waals surface area contributed by atoms with E-state index in [1.165, 1.54) is 5.56 Å². The molecule has 1 aromatic carbocycles. The van der Waals surface area contributed by atoms with Gasteiger partial charge in [-0.3, -0.25) is 9.78 Å². The van der Waals surface area contributed by atoms with Crippen molar-refractivity contribution in [3.05, 3.63) is 77.7 Å². The van der Waals surface area contributed by atoms with Crippen LogP contribution in [0.3, 0.4) is 0 Å². The molecule has 0 spiro atoms. The van der Waals surface area contributed by atoms with Gasteiger partial charge in [-0.2, -0.15) is 0 Å². The number of rotatable bonds is 6. The molecule has 3 N–H and O–H groups in total. The summed E-state index contributed by atoms with van der Waals surface area (Å²) in [5.41, 5.74) is 7.94. The minimum atomic E-state index is -0.200. The Morgan fingerprint density at radius 2 is 1.93 bits per heavy atom. The SMILES string of the molecule is CNN1CC(C)(C)c2ccc(NC(=O)c3cccnc3NCc3ccncc3)cc21. The van der Waals surface area contributed by atoms with E-state index in [0.29, 0.717) is 17.9 Å². The number of hydrogen-bond donors (Lipinski definition) is 3. The second kappa shape index (κ2) is 8.12. The molecule has 3 heterocycles. The van der Waals surface area contributed by atoms with Crippen LogP contribution in [0, 0.1) is 0 Å². The lowest BCUT2D eigenvalue weighted by Gasteiger charge is -2.20. The second-order valence-electron chi connectivity index (χ2n) is 7.99. The van der Waals surface area contributed by atoms with Crippen LogP contribution in [-0.4, -0.2) is 29.5 Å². The Morgan fingerprint density at radius 1 is 1.13 bits per heavy atom. The number of aromatic nitrogens is 2. The van der Waals surface area contributed by atoms with Gasteiger partial charge < -0.3 is 15.6 Å². The first-order chi connectivity index (χ1) is 14.5. The summed E-state index contributed by atoms with van der Waals surface area (Å²) in [6.07, 6.45) is 5.16. The molecule has 0 atom stereocenters. The minimum Gasteiger partial charge on any atom is -0.365 e. The highest BCUT2D eigenvalue weighted by molar-refractivity contribution is 6.07. The van der Waals surface area contributed by atoms with Crippen LogP contribution in [0.4, 0.5) is 17.2 Å². The highest BCUT2D eigenvalue weighted by atomic mass is 16.1. The number of amides is 1. The standard InChI is InChI=1S/C23H26N6O/c1-23(2)15-29(24-3)20-13-17(6-7-19(20)23)28-22(30)18-5-4-10-26-21(18)27-14-16-8-11-25-12-9-16/h4-13,24H,14-15H2,1-3H3,(H,26,27)(H,28,30). The second-order valence-corrected chi connectivity index (χ2v) is 7.99. The molecule has 0 saturated carbocycles. The first kappa shape index (κ1) is 19.8. The van der Waals surface area contributed by atoms with Crippen LogP contribution in [0.2, 0.25) is 0 Å². The Kier molecular flexibility index (Phi) is 5.37. The number of nitrogens with one attached hydrogen (secondary N) is 3. The molecule has 1 aliphatic rings. The Morgan fingerprint density at radius 3 is 2.70 bits per heavy atom. The fraction of sp³-hybridized carbons (Fsp3) is 0.261. The van der Waals surface area contributed by atoms with E-state index in [4.69, 9.17) is 0 Å². The van der Waals surface area contributed by atoms with Crippen LogP contribution in [0.25, 0.3) is 0 Å². The Bertz CT molecular complexity index is 1050. The van der Waals surface area contributed by atoms with Gasteiger partial charge in [-0.15, -0.1) is 0 Å². The van der Waals surface area contributed by atoms with Gasteiger partial charge in [0.15, 0.2) is 0 Å². The van der Waals surface area contributed by atoms with E-state index < -0.39 is 0 Å². The van der Waals surface area contributed by atoms with E-state index in [0.717, 1.165) is 23.5 Å². The fourth-order valence-electron chi connectivity index (χ4n) is 3.78. The van der Waals surface area contributed by atoms with Crippen molar-refractivity contribution in [1.29, 1.82) is 0 Å². The zero-order valence-corrected chi connectivity index (χ0v) is 17.4. The molecule has 1 aliphatic heterocycles. The number of hydrazine groups is 1. The maximum Gasteiger partial charge on any atom is 0.259 e. The number of carbonyl (C=O) groups is 1. The first-order valence-electron chi connectivity index (χ1n) is 9.96. The molecule has 0 aliphatic carbocycles. The van der Waals surface area contributed by atoms with Crippen LogP contribution in [0.1, 0.15) is 35.3 Å². The van der Waals surface area contributed by atoms with Crippen LogP contribution >= 0.6 is 0 Å². The lowest BCUT2D eigenvalue weighted by molar-refractivity contribution is 0.102. The summed E-state index contributed by atoms with van der Waals surface area (Å²) >= 11 is 0. The van der Waals surface area contributed by atoms with E-state index >= 15 is 0 Å². The Balaban J connectivity index is 1.52. The molecule has 4 rings (SSSR count). The lowest BCUT2D eigenvalue weighted by Crippen LogP contribution is -2.37. The Hall–Kier alpha value is -3.45. The minimum absolute atomic E-state index is 0.0499. The first-order valence-corrected chi connectivity index (χ1v) is 9.96. The largest absolute Gasteiger partial charge is 0.365 e. The topological polar surface area (TPSA) is 82.2 Å². The van der Waals surface area contributed by atoms with Gasteiger partial charge >= 0.3 is 0 Å². The number of nitrogens with zero attached hydrogens (tertiary/aromatic N) is 3. The maximum absolute atomic E-state index is 13.0. The van der Waals surface area contributed by atoms with Gasteiger partial charge in [-0.05, 0) is 47.5 Å². The van der Waals surface area contributed by atoms with Gasteiger partial charge in [-0.1, -0.05) is 19.9 Å². The third-order valence-corrected chi connectivity index (χ3v) is 5.36. The molecule has 0 bridgehead atoms. The Labute approximate surface area is 176 Å². The molecule has 0 saturated heterocycles. The number of pyridine rings is 2. The molecular formula is C23H26N6O. The number of benzene rings is 1. The van der Waals surface area contributed by atoms with Gasteiger partial charge in [-0.25, -0.2) is 10.4 Å². The van der Waals surface area contributed by atoms with E-state index in [1.807, 2.05) is 31.3 Å². The molecule has 3 aromatic rings. The van der Waals surface area contributed by atoms with Crippen molar-refractivity contribution in [3.8, 4) is 0 Å². The zero-order chi connectivity index (χ0) is 21.1. The number of anilines is 3. The number of carbonyl (C=O) groups excluding carboxylic acids is 1. The van der Waals surface area contributed by atoms with Gasteiger partial charge in [0.2, 0.25) is 0 Å².